The van der Waals surface area contributed by atoms with Gasteiger partial charge in [-0.25, -0.2) is 13.2 Å². The van der Waals surface area contributed by atoms with Crippen LogP contribution in [0.2, 0.25) is 5.02 Å². The van der Waals surface area contributed by atoms with Gasteiger partial charge in [-0.05, 0) is 49.6 Å². The van der Waals surface area contributed by atoms with Crippen LogP contribution in [0, 0.1) is 6.92 Å². The normalized spacial score (nSPS) is 15.1. The lowest BCUT2D eigenvalue weighted by Crippen LogP contribution is -2.36. The highest BCUT2D eigenvalue weighted by atomic mass is 35.5. The van der Waals surface area contributed by atoms with E-state index in [1.54, 1.807) is 31.2 Å². The molecule has 8 heteroatoms. The number of sulfonamides is 1. The first kappa shape index (κ1) is 21.5. The molecule has 0 saturated carbocycles. The van der Waals surface area contributed by atoms with Gasteiger partial charge in [0.05, 0.1) is 10.5 Å². The summed E-state index contributed by atoms with van der Waals surface area (Å²) in [5.41, 5.74) is 0.981. The fraction of sp³-hybridized carbons (Fsp3) is 0.333. The summed E-state index contributed by atoms with van der Waals surface area (Å²) in [5, 5.41) is 0.410. The van der Waals surface area contributed by atoms with Gasteiger partial charge < -0.3 is 4.74 Å². The third kappa shape index (κ3) is 5.04. The van der Waals surface area contributed by atoms with Crippen LogP contribution in [0.25, 0.3) is 0 Å². The standard InChI is InChI=1S/C21H22ClNO5S/c1-15-8-9-17(13-20(15)29(26,27)23-10-3-2-4-11-23)21(25)28-14-19(24)16-6-5-7-18(22)12-16/h5-9,12-13H,2-4,10-11,14H2,1H3. The van der Waals surface area contributed by atoms with Crippen molar-refractivity contribution in [2.75, 3.05) is 19.7 Å². The van der Waals surface area contributed by atoms with Gasteiger partial charge in [-0.2, -0.15) is 4.31 Å². The van der Waals surface area contributed by atoms with Crippen LogP contribution in [-0.4, -0.2) is 44.2 Å². The molecule has 3 rings (SSSR count). The molecule has 1 heterocycles. The molecule has 2 aromatic carbocycles. The van der Waals surface area contributed by atoms with Crippen molar-refractivity contribution in [3.63, 3.8) is 0 Å². The Kier molecular flexibility index (Phi) is 6.72. The van der Waals surface area contributed by atoms with Crippen LogP contribution in [0.1, 0.15) is 45.5 Å². The molecule has 1 aliphatic heterocycles. The van der Waals surface area contributed by atoms with E-state index in [9.17, 15) is 18.0 Å². The third-order valence-corrected chi connectivity index (χ3v) is 7.11. The fourth-order valence-electron chi connectivity index (χ4n) is 3.21. The van der Waals surface area contributed by atoms with Crippen molar-refractivity contribution in [2.24, 2.45) is 0 Å². The Hall–Kier alpha value is -2.22. The Morgan fingerprint density at radius 1 is 1.03 bits per heavy atom. The molecule has 1 fully saturated rings. The topological polar surface area (TPSA) is 80.8 Å². The van der Waals surface area contributed by atoms with E-state index in [-0.39, 0.29) is 10.5 Å². The number of ether oxygens (including phenoxy) is 1. The Labute approximate surface area is 175 Å². The quantitative estimate of drug-likeness (QED) is 0.508. The first-order chi connectivity index (χ1) is 13.8. The van der Waals surface area contributed by atoms with E-state index >= 15 is 0 Å². The number of carbonyl (C=O) groups excluding carboxylic acids is 2. The lowest BCUT2D eigenvalue weighted by Gasteiger charge is -2.26. The van der Waals surface area contributed by atoms with E-state index in [1.165, 1.54) is 22.5 Å². The van der Waals surface area contributed by atoms with Gasteiger partial charge in [-0.1, -0.05) is 36.2 Å². The number of hydrogen-bond donors (Lipinski definition) is 0. The van der Waals surface area contributed by atoms with Crippen molar-refractivity contribution in [1.29, 1.82) is 0 Å². The second-order valence-electron chi connectivity index (χ2n) is 6.95. The van der Waals surface area contributed by atoms with Crippen LogP contribution in [0.15, 0.2) is 47.4 Å². The van der Waals surface area contributed by atoms with Crippen LogP contribution < -0.4 is 0 Å². The van der Waals surface area contributed by atoms with Gasteiger partial charge in [0.2, 0.25) is 10.0 Å². The number of nitrogens with zero attached hydrogens (tertiary/aromatic N) is 1. The molecule has 0 N–H and O–H groups in total. The zero-order chi connectivity index (χ0) is 21.0. The lowest BCUT2D eigenvalue weighted by molar-refractivity contribution is 0.0474. The molecule has 0 spiro atoms. The van der Waals surface area contributed by atoms with Crippen LogP contribution in [-0.2, 0) is 14.8 Å². The number of rotatable bonds is 6. The molecule has 0 bridgehead atoms. The Bertz CT molecular complexity index is 1030. The number of aryl methyl sites for hydroxylation is 1. The van der Waals surface area contributed by atoms with Crippen molar-refractivity contribution in [1.82, 2.24) is 4.31 Å². The third-order valence-electron chi connectivity index (χ3n) is 4.84. The van der Waals surface area contributed by atoms with Gasteiger partial charge in [0.1, 0.15) is 0 Å². The van der Waals surface area contributed by atoms with Gasteiger partial charge in [0.25, 0.3) is 0 Å². The number of carbonyl (C=O) groups is 2. The summed E-state index contributed by atoms with van der Waals surface area (Å²) < 4.78 is 32.5. The fourth-order valence-corrected chi connectivity index (χ4v) is 5.17. The molecule has 2 aromatic rings. The number of ketones is 1. The van der Waals surface area contributed by atoms with Crippen molar-refractivity contribution < 1.29 is 22.7 Å². The monoisotopic (exact) mass is 435 g/mol. The molecule has 0 aromatic heterocycles. The van der Waals surface area contributed by atoms with Crippen molar-refractivity contribution >= 4 is 33.4 Å². The Morgan fingerprint density at radius 3 is 2.45 bits per heavy atom. The Balaban J connectivity index is 1.74. The number of esters is 1. The van der Waals surface area contributed by atoms with E-state index < -0.39 is 28.4 Å². The predicted octanol–water partition coefficient (Wildman–Crippen LogP) is 3.86. The molecule has 0 radical (unpaired) electrons. The highest BCUT2D eigenvalue weighted by Crippen LogP contribution is 2.24. The van der Waals surface area contributed by atoms with E-state index in [4.69, 9.17) is 16.3 Å². The molecule has 0 aliphatic carbocycles. The van der Waals surface area contributed by atoms with Gasteiger partial charge >= 0.3 is 5.97 Å². The number of halogens is 1. The minimum Gasteiger partial charge on any atom is -0.454 e. The highest BCUT2D eigenvalue weighted by molar-refractivity contribution is 7.89. The van der Waals surface area contributed by atoms with Gasteiger partial charge in [0.15, 0.2) is 12.4 Å². The maximum atomic E-state index is 13.0. The number of benzene rings is 2. The summed E-state index contributed by atoms with van der Waals surface area (Å²) in [6.45, 7) is 2.19. The van der Waals surface area contributed by atoms with E-state index in [1.807, 2.05) is 0 Å². The van der Waals surface area contributed by atoms with Crippen LogP contribution in [0.3, 0.4) is 0 Å². The van der Waals surface area contributed by atoms with Crippen LogP contribution in [0.4, 0.5) is 0 Å². The van der Waals surface area contributed by atoms with Gasteiger partial charge in [-0.15, -0.1) is 0 Å². The summed E-state index contributed by atoms with van der Waals surface area (Å²) in [6, 6.07) is 10.7. The van der Waals surface area contributed by atoms with Gasteiger partial charge in [-0.3, -0.25) is 4.79 Å². The van der Waals surface area contributed by atoms with E-state index in [0.717, 1.165) is 19.3 Å². The molecule has 0 atom stereocenters. The maximum absolute atomic E-state index is 13.0. The van der Waals surface area contributed by atoms with Crippen LogP contribution >= 0.6 is 11.6 Å². The molecule has 0 unspecified atom stereocenters. The second-order valence-corrected chi connectivity index (χ2v) is 9.30. The number of piperidine rings is 1. The maximum Gasteiger partial charge on any atom is 0.338 e. The predicted molar refractivity (Wildman–Crippen MR) is 110 cm³/mol. The van der Waals surface area contributed by atoms with Gasteiger partial charge in [0, 0.05) is 23.7 Å². The van der Waals surface area contributed by atoms with Crippen molar-refractivity contribution in [3.8, 4) is 0 Å². The van der Waals surface area contributed by atoms with Crippen molar-refractivity contribution in [2.45, 2.75) is 31.1 Å². The Morgan fingerprint density at radius 2 is 1.76 bits per heavy atom. The SMILES string of the molecule is Cc1ccc(C(=O)OCC(=O)c2cccc(Cl)c2)cc1S(=O)(=O)N1CCCCC1. The minimum atomic E-state index is -3.68. The van der Waals surface area contributed by atoms with Crippen LogP contribution in [0.5, 0.6) is 0 Å². The average Bonchev–Trinajstić information content (AvgIpc) is 2.72. The zero-order valence-electron chi connectivity index (χ0n) is 16.1. The molecular weight excluding hydrogens is 414 g/mol. The first-order valence-electron chi connectivity index (χ1n) is 9.36. The zero-order valence-corrected chi connectivity index (χ0v) is 17.6. The van der Waals surface area contributed by atoms with Crippen molar-refractivity contribution in [3.05, 3.63) is 64.2 Å². The summed E-state index contributed by atoms with van der Waals surface area (Å²) in [4.78, 5) is 24.7. The molecule has 1 aliphatic rings. The molecule has 154 valence electrons. The number of hydrogen-bond acceptors (Lipinski definition) is 5. The molecular formula is C21H22ClNO5S. The largest absolute Gasteiger partial charge is 0.454 e. The highest BCUT2D eigenvalue weighted by Gasteiger charge is 2.28. The molecule has 1 saturated heterocycles. The lowest BCUT2D eigenvalue weighted by atomic mass is 10.1. The average molecular weight is 436 g/mol. The molecule has 29 heavy (non-hydrogen) atoms. The first-order valence-corrected chi connectivity index (χ1v) is 11.2. The minimum absolute atomic E-state index is 0.0880. The second kappa shape index (κ2) is 9.07. The summed E-state index contributed by atoms with van der Waals surface area (Å²) in [7, 11) is -3.68. The summed E-state index contributed by atoms with van der Waals surface area (Å²) in [6.07, 6.45) is 2.66. The van der Waals surface area contributed by atoms with E-state index in [2.05, 4.69) is 0 Å². The van der Waals surface area contributed by atoms with E-state index in [0.29, 0.717) is 29.2 Å². The summed E-state index contributed by atoms with van der Waals surface area (Å²) >= 11 is 5.87. The number of Topliss-reactive ketones (excluding diaryl/α,β-unsaturated/α-hetero) is 1. The molecule has 0 amide bonds. The summed E-state index contributed by atoms with van der Waals surface area (Å²) in [5.74, 6) is -1.15. The molecule has 6 nitrogen and oxygen atoms in total. The smallest absolute Gasteiger partial charge is 0.338 e.